The molecule has 140 valence electrons. The van der Waals surface area contributed by atoms with Gasteiger partial charge < -0.3 is 15.0 Å². The lowest BCUT2D eigenvalue weighted by Crippen LogP contribution is -2.33. The van der Waals surface area contributed by atoms with Gasteiger partial charge in [0.2, 0.25) is 15.9 Å². The van der Waals surface area contributed by atoms with Gasteiger partial charge in [0.05, 0.1) is 4.90 Å². The zero-order valence-corrected chi connectivity index (χ0v) is 15.2. The van der Waals surface area contributed by atoms with Gasteiger partial charge in [0.15, 0.2) is 11.6 Å². The molecule has 2 heterocycles. The zero-order chi connectivity index (χ0) is 19.3. The van der Waals surface area contributed by atoms with Crippen LogP contribution < -0.4 is 10.9 Å². The molecule has 0 atom stereocenters. The Morgan fingerprint density at radius 1 is 1.27 bits per heavy atom. The lowest BCUT2D eigenvalue weighted by molar-refractivity contribution is -0.116. The number of hydrogen-bond donors (Lipinski definition) is 2. The first-order valence-corrected chi connectivity index (χ1v) is 9.38. The molecule has 0 spiro atoms. The molecule has 9 nitrogen and oxygen atoms in total. The molecule has 10 heteroatoms. The van der Waals surface area contributed by atoms with Gasteiger partial charge in [-0.25, -0.2) is 13.4 Å². The minimum absolute atomic E-state index is 0.0440. The van der Waals surface area contributed by atoms with Gasteiger partial charge in [-0.15, -0.1) is 0 Å². The minimum atomic E-state index is -3.75. The fourth-order valence-corrected chi connectivity index (χ4v) is 3.80. The van der Waals surface area contributed by atoms with Crippen molar-refractivity contribution in [1.82, 2.24) is 13.9 Å². The molecule has 1 amide bonds. The highest BCUT2D eigenvalue weighted by Gasteiger charge is 2.22. The summed E-state index contributed by atoms with van der Waals surface area (Å²) < 4.78 is 27.3. The van der Waals surface area contributed by atoms with Crippen LogP contribution in [0, 0.1) is 0 Å². The summed E-state index contributed by atoms with van der Waals surface area (Å²) in [6.45, 7) is 3.58. The van der Waals surface area contributed by atoms with Gasteiger partial charge in [-0.05, 0) is 18.2 Å². The third kappa shape index (κ3) is 4.27. The Labute approximate surface area is 151 Å². The van der Waals surface area contributed by atoms with E-state index in [1.807, 2.05) is 0 Å². The van der Waals surface area contributed by atoms with E-state index >= 15 is 0 Å². The van der Waals surface area contributed by atoms with Crippen molar-refractivity contribution in [2.24, 2.45) is 0 Å². The smallest absolute Gasteiger partial charge is 0.251 e. The van der Waals surface area contributed by atoms with E-state index in [4.69, 9.17) is 0 Å². The molecule has 0 unspecified atom stereocenters. The Hall–Kier alpha value is -2.72. The highest BCUT2D eigenvalue weighted by atomic mass is 32.2. The Bertz CT molecular complexity index is 951. The highest BCUT2D eigenvalue weighted by molar-refractivity contribution is 7.89. The van der Waals surface area contributed by atoms with Crippen molar-refractivity contribution in [2.45, 2.75) is 25.3 Å². The average Bonchev–Trinajstić information content (AvgIpc) is 2.59. The zero-order valence-electron chi connectivity index (χ0n) is 14.4. The van der Waals surface area contributed by atoms with E-state index in [-0.39, 0.29) is 29.6 Å². The standard InChI is InChI=1S/C16H20N4O5S/c1-3-20(4-2)26(24,25)12-7-8-15(23)19(10-12)11-14(22)18-16-13(21)6-5-9-17-16/h5-10,21H,3-4,11H2,1-2H3,(H,17,18,22). The SMILES string of the molecule is CCN(CC)S(=O)(=O)c1ccc(=O)n(CC(=O)Nc2ncccc2O)c1. The summed E-state index contributed by atoms with van der Waals surface area (Å²) in [5.74, 6) is -0.887. The molecule has 0 aromatic carbocycles. The Kier molecular flexibility index (Phi) is 6.11. The maximum atomic E-state index is 12.5. The number of sulfonamides is 1. The highest BCUT2D eigenvalue weighted by Crippen LogP contribution is 2.18. The number of carbonyl (C=O) groups is 1. The molecule has 2 aromatic rings. The first-order valence-electron chi connectivity index (χ1n) is 7.94. The Morgan fingerprint density at radius 2 is 1.96 bits per heavy atom. The number of anilines is 1. The molecule has 2 aromatic heterocycles. The molecular formula is C16H20N4O5S. The maximum Gasteiger partial charge on any atom is 0.251 e. The molecule has 2 rings (SSSR count). The molecule has 0 aliphatic heterocycles. The number of pyridine rings is 2. The van der Waals surface area contributed by atoms with Crippen LogP contribution in [0.15, 0.2) is 46.3 Å². The number of nitrogens with zero attached hydrogens (tertiary/aromatic N) is 3. The number of carbonyl (C=O) groups excluding carboxylic acids is 1. The summed E-state index contributed by atoms with van der Waals surface area (Å²) in [5, 5.41) is 12.0. The van der Waals surface area contributed by atoms with Crippen LogP contribution in [0.3, 0.4) is 0 Å². The van der Waals surface area contributed by atoms with Crippen molar-refractivity contribution >= 4 is 21.7 Å². The van der Waals surface area contributed by atoms with E-state index in [0.717, 1.165) is 16.8 Å². The van der Waals surface area contributed by atoms with E-state index in [0.29, 0.717) is 0 Å². The van der Waals surface area contributed by atoms with Gasteiger partial charge in [0, 0.05) is 31.5 Å². The first kappa shape index (κ1) is 19.6. The van der Waals surface area contributed by atoms with E-state index in [1.165, 1.54) is 28.7 Å². The quantitative estimate of drug-likeness (QED) is 0.726. The minimum Gasteiger partial charge on any atom is -0.504 e. The van der Waals surface area contributed by atoms with Crippen molar-refractivity contribution in [3.8, 4) is 5.75 Å². The molecule has 0 bridgehead atoms. The van der Waals surface area contributed by atoms with Crippen LogP contribution in [0.2, 0.25) is 0 Å². The molecule has 0 aliphatic carbocycles. The fourth-order valence-electron chi connectivity index (χ4n) is 2.32. The lowest BCUT2D eigenvalue weighted by atomic mass is 10.4. The largest absolute Gasteiger partial charge is 0.504 e. The number of nitrogens with one attached hydrogen (secondary N) is 1. The van der Waals surface area contributed by atoms with Crippen LogP contribution in [0.5, 0.6) is 5.75 Å². The van der Waals surface area contributed by atoms with E-state index in [9.17, 15) is 23.1 Å². The van der Waals surface area contributed by atoms with Crippen LogP contribution >= 0.6 is 0 Å². The number of amides is 1. The number of aromatic nitrogens is 2. The molecular weight excluding hydrogens is 360 g/mol. The Morgan fingerprint density at radius 3 is 2.58 bits per heavy atom. The summed E-state index contributed by atoms with van der Waals surface area (Å²) in [6, 6.07) is 5.17. The van der Waals surface area contributed by atoms with Gasteiger partial charge in [0.25, 0.3) is 5.56 Å². The topological polar surface area (TPSA) is 122 Å². The van der Waals surface area contributed by atoms with Crippen molar-refractivity contribution < 1.29 is 18.3 Å². The lowest BCUT2D eigenvalue weighted by Gasteiger charge is -2.19. The summed E-state index contributed by atoms with van der Waals surface area (Å²) in [7, 11) is -3.75. The molecule has 0 saturated heterocycles. The van der Waals surface area contributed by atoms with Crippen LogP contribution in [0.25, 0.3) is 0 Å². The monoisotopic (exact) mass is 380 g/mol. The van der Waals surface area contributed by atoms with Crippen LogP contribution in [-0.4, -0.2) is 46.4 Å². The molecule has 0 saturated carbocycles. The number of aromatic hydroxyl groups is 1. The van der Waals surface area contributed by atoms with Crippen molar-refractivity contribution in [3.05, 3.63) is 47.0 Å². The second-order valence-electron chi connectivity index (χ2n) is 5.34. The van der Waals surface area contributed by atoms with Crippen LogP contribution in [-0.2, 0) is 21.4 Å². The van der Waals surface area contributed by atoms with Crippen molar-refractivity contribution in [3.63, 3.8) is 0 Å². The van der Waals surface area contributed by atoms with E-state index < -0.39 is 28.0 Å². The van der Waals surface area contributed by atoms with E-state index in [2.05, 4.69) is 10.3 Å². The first-order chi connectivity index (χ1) is 12.3. The molecule has 0 radical (unpaired) electrons. The van der Waals surface area contributed by atoms with Gasteiger partial charge in [-0.2, -0.15) is 4.31 Å². The van der Waals surface area contributed by atoms with Gasteiger partial charge >= 0.3 is 0 Å². The third-order valence-corrected chi connectivity index (χ3v) is 5.69. The third-order valence-electron chi connectivity index (χ3n) is 3.66. The Balaban J connectivity index is 2.26. The number of hydrogen-bond acceptors (Lipinski definition) is 6. The van der Waals surface area contributed by atoms with Crippen molar-refractivity contribution in [1.29, 1.82) is 0 Å². The normalized spacial score (nSPS) is 11.5. The molecule has 0 aliphatic rings. The maximum absolute atomic E-state index is 12.5. The molecule has 0 fully saturated rings. The van der Waals surface area contributed by atoms with Gasteiger partial charge in [0.1, 0.15) is 6.54 Å². The number of rotatable bonds is 7. The predicted octanol–water partition coefficient (Wildman–Crippen LogP) is 0.618. The molecule has 26 heavy (non-hydrogen) atoms. The summed E-state index contributed by atoms with van der Waals surface area (Å²) >= 11 is 0. The van der Waals surface area contributed by atoms with E-state index in [1.54, 1.807) is 13.8 Å². The van der Waals surface area contributed by atoms with Gasteiger partial charge in [-0.3, -0.25) is 9.59 Å². The van der Waals surface area contributed by atoms with Gasteiger partial charge in [-0.1, -0.05) is 13.8 Å². The average molecular weight is 380 g/mol. The second kappa shape index (κ2) is 8.11. The fraction of sp³-hybridized carbons (Fsp3) is 0.312. The van der Waals surface area contributed by atoms with Crippen LogP contribution in [0.1, 0.15) is 13.8 Å². The summed E-state index contributed by atoms with van der Waals surface area (Å²) in [5.41, 5.74) is -0.524. The predicted molar refractivity (Wildman–Crippen MR) is 95.3 cm³/mol. The molecule has 2 N–H and O–H groups in total. The summed E-state index contributed by atoms with van der Waals surface area (Å²) in [4.78, 5) is 27.8. The van der Waals surface area contributed by atoms with Crippen LogP contribution in [0.4, 0.5) is 5.82 Å². The van der Waals surface area contributed by atoms with Crippen molar-refractivity contribution in [2.75, 3.05) is 18.4 Å². The summed E-state index contributed by atoms with van der Waals surface area (Å²) in [6.07, 6.45) is 2.52. The second-order valence-corrected chi connectivity index (χ2v) is 7.28.